The molecule has 1 unspecified atom stereocenters. The fraction of sp³-hybridized carbons (Fsp3) is 0.125. The zero-order valence-electron chi connectivity index (χ0n) is 11.7. The van der Waals surface area contributed by atoms with Gasteiger partial charge < -0.3 is 9.64 Å². The second kappa shape index (κ2) is 6.02. The fourth-order valence-electron chi connectivity index (χ4n) is 2.06. The largest absolute Gasteiger partial charge is 0.388 e. The zero-order chi connectivity index (χ0) is 15.7. The molecule has 1 aromatic carbocycles. The molecular weight excluding hydrogens is 322 g/mol. The molecule has 0 fully saturated rings. The van der Waals surface area contributed by atoms with Crippen molar-refractivity contribution in [3.63, 3.8) is 0 Å². The lowest BCUT2D eigenvalue weighted by atomic mass is 10.2. The van der Waals surface area contributed by atoms with Gasteiger partial charge in [-0.2, -0.15) is 0 Å². The number of nitrogens with zero attached hydrogens (tertiary/aromatic N) is 1. The number of hydrogen-bond acceptors (Lipinski definition) is 5. The highest BCUT2D eigenvalue weighted by atomic mass is 35.5. The predicted molar refractivity (Wildman–Crippen MR) is 86.3 cm³/mol. The Hall–Kier alpha value is -1.98. The number of carbonyl (C=O) groups is 2. The van der Waals surface area contributed by atoms with E-state index in [1.54, 1.807) is 18.2 Å². The number of esters is 2. The summed E-state index contributed by atoms with van der Waals surface area (Å²) in [6, 6.07) is 6.21. The molecule has 22 heavy (non-hydrogen) atoms. The first-order valence-electron chi connectivity index (χ1n) is 6.55. The lowest BCUT2D eigenvalue weighted by molar-refractivity contribution is -0.136. The molecule has 0 saturated carbocycles. The van der Waals surface area contributed by atoms with Crippen molar-refractivity contribution in [3.05, 3.63) is 69.9 Å². The maximum atomic E-state index is 12.1. The molecule has 0 radical (unpaired) electrons. The average Bonchev–Trinajstić information content (AvgIpc) is 2.91. The molecule has 2 aliphatic heterocycles. The van der Waals surface area contributed by atoms with Gasteiger partial charge in [0.25, 0.3) is 0 Å². The van der Waals surface area contributed by atoms with E-state index in [2.05, 4.69) is 0 Å². The summed E-state index contributed by atoms with van der Waals surface area (Å²) in [4.78, 5) is 27.0. The van der Waals surface area contributed by atoms with Crippen molar-refractivity contribution in [2.24, 2.45) is 0 Å². The highest BCUT2D eigenvalue weighted by Gasteiger charge is 2.30. The van der Waals surface area contributed by atoms with Crippen LogP contribution in [-0.4, -0.2) is 29.1 Å². The minimum absolute atomic E-state index is 0.296. The lowest BCUT2D eigenvalue weighted by Gasteiger charge is -2.14. The highest BCUT2D eigenvalue weighted by Crippen LogP contribution is 2.40. The SMILES string of the molecule is CN1C=CC2=CC(C(=O)OC(=O)c3ccc(Cl)cc3)SC2=C1. The number of benzene rings is 1. The second-order valence-electron chi connectivity index (χ2n) is 4.85. The van der Waals surface area contributed by atoms with Crippen molar-refractivity contribution in [2.75, 3.05) is 7.05 Å². The molecule has 0 aliphatic carbocycles. The summed E-state index contributed by atoms with van der Waals surface area (Å²) >= 11 is 7.13. The topological polar surface area (TPSA) is 46.6 Å². The Bertz CT molecular complexity index is 721. The Morgan fingerprint density at radius 3 is 2.73 bits per heavy atom. The van der Waals surface area contributed by atoms with E-state index in [4.69, 9.17) is 16.3 Å². The van der Waals surface area contributed by atoms with Gasteiger partial charge in [-0.3, -0.25) is 0 Å². The van der Waals surface area contributed by atoms with Gasteiger partial charge in [0.1, 0.15) is 5.25 Å². The van der Waals surface area contributed by atoms with Gasteiger partial charge in [-0.15, -0.1) is 11.8 Å². The van der Waals surface area contributed by atoms with Crippen LogP contribution in [0, 0.1) is 0 Å². The first kappa shape index (κ1) is 14.9. The van der Waals surface area contributed by atoms with Crippen LogP contribution in [0.4, 0.5) is 0 Å². The van der Waals surface area contributed by atoms with E-state index in [0.29, 0.717) is 10.6 Å². The van der Waals surface area contributed by atoms with Crippen LogP contribution in [0.25, 0.3) is 0 Å². The Labute approximate surface area is 137 Å². The van der Waals surface area contributed by atoms with Gasteiger partial charge >= 0.3 is 11.9 Å². The number of rotatable bonds is 2. The summed E-state index contributed by atoms with van der Waals surface area (Å²) in [5.74, 6) is -1.24. The molecule has 4 nitrogen and oxygen atoms in total. The summed E-state index contributed by atoms with van der Waals surface area (Å²) in [5, 5.41) is 0.0135. The van der Waals surface area contributed by atoms with Gasteiger partial charge in [0.05, 0.1) is 5.56 Å². The maximum absolute atomic E-state index is 12.1. The molecule has 0 bridgehead atoms. The first-order chi connectivity index (χ1) is 10.5. The third-order valence-corrected chi connectivity index (χ3v) is 4.61. The Balaban J connectivity index is 1.67. The minimum atomic E-state index is -0.669. The molecule has 1 atom stereocenters. The van der Waals surface area contributed by atoms with Crippen LogP contribution in [0.15, 0.2) is 59.3 Å². The van der Waals surface area contributed by atoms with E-state index in [1.807, 2.05) is 30.4 Å². The number of carbonyl (C=O) groups excluding carboxylic acids is 2. The summed E-state index contributed by atoms with van der Waals surface area (Å²) in [5.41, 5.74) is 1.27. The molecule has 0 N–H and O–H groups in total. The standard InChI is InChI=1S/C16H12ClNO3S/c1-18-7-6-11-8-13(22-14(11)9-18)16(20)21-15(19)10-2-4-12(17)5-3-10/h2-9,13H,1H3. The molecule has 6 heteroatoms. The zero-order valence-corrected chi connectivity index (χ0v) is 13.2. The highest BCUT2D eigenvalue weighted by molar-refractivity contribution is 8.05. The van der Waals surface area contributed by atoms with Crippen molar-refractivity contribution in [1.29, 1.82) is 0 Å². The summed E-state index contributed by atoms with van der Waals surface area (Å²) in [7, 11) is 1.91. The van der Waals surface area contributed by atoms with Crippen LogP contribution in [0.2, 0.25) is 5.02 Å². The smallest absolute Gasteiger partial charge is 0.345 e. The number of allylic oxidation sites excluding steroid dienone is 2. The van der Waals surface area contributed by atoms with Gasteiger partial charge in [0.15, 0.2) is 0 Å². The van der Waals surface area contributed by atoms with Crippen molar-refractivity contribution < 1.29 is 14.3 Å². The van der Waals surface area contributed by atoms with Crippen LogP contribution in [0.3, 0.4) is 0 Å². The third-order valence-electron chi connectivity index (χ3n) is 3.19. The van der Waals surface area contributed by atoms with Gasteiger partial charge in [-0.1, -0.05) is 17.7 Å². The van der Waals surface area contributed by atoms with Gasteiger partial charge in [-0.05, 0) is 35.9 Å². The predicted octanol–water partition coefficient (Wildman–Crippen LogP) is 3.37. The molecule has 0 amide bonds. The molecule has 2 aliphatic rings. The average molecular weight is 334 g/mol. The maximum Gasteiger partial charge on any atom is 0.345 e. The number of halogens is 1. The Morgan fingerprint density at radius 2 is 2.00 bits per heavy atom. The van der Waals surface area contributed by atoms with E-state index in [1.165, 1.54) is 23.9 Å². The minimum Gasteiger partial charge on any atom is -0.388 e. The molecule has 0 aromatic heterocycles. The van der Waals surface area contributed by atoms with Gasteiger partial charge in [0.2, 0.25) is 0 Å². The van der Waals surface area contributed by atoms with Crippen molar-refractivity contribution in [3.8, 4) is 0 Å². The number of thioether (sulfide) groups is 1. The molecule has 3 rings (SSSR count). The monoisotopic (exact) mass is 333 g/mol. The molecule has 0 saturated heterocycles. The van der Waals surface area contributed by atoms with E-state index in [-0.39, 0.29) is 0 Å². The van der Waals surface area contributed by atoms with Crippen LogP contribution >= 0.6 is 23.4 Å². The quantitative estimate of drug-likeness (QED) is 0.613. The summed E-state index contributed by atoms with van der Waals surface area (Å²) in [6.07, 6.45) is 7.57. The second-order valence-corrected chi connectivity index (χ2v) is 6.47. The lowest BCUT2D eigenvalue weighted by Crippen LogP contribution is -2.20. The van der Waals surface area contributed by atoms with Crippen molar-refractivity contribution >= 4 is 35.3 Å². The number of fused-ring (bicyclic) bond motifs is 1. The van der Waals surface area contributed by atoms with Gasteiger partial charge in [-0.25, -0.2) is 9.59 Å². The van der Waals surface area contributed by atoms with E-state index in [9.17, 15) is 9.59 Å². The molecule has 112 valence electrons. The summed E-state index contributed by atoms with van der Waals surface area (Å²) in [6.45, 7) is 0. The van der Waals surface area contributed by atoms with E-state index >= 15 is 0 Å². The molecule has 2 heterocycles. The Kier molecular flexibility index (Phi) is 4.09. The number of hydrogen-bond donors (Lipinski definition) is 0. The van der Waals surface area contributed by atoms with Crippen molar-refractivity contribution in [1.82, 2.24) is 4.90 Å². The van der Waals surface area contributed by atoms with E-state index < -0.39 is 17.2 Å². The van der Waals surface area contributed by atoms with Crippen LogP contribution < -0.4 is 0 Å². The third kappa shape index (κ3) is 3.10. The van der Waals surface area contributed by atoms with Crippen molar-refractivity contribution in [2.45, 2.75) is 5.25 Å². The summed E-state index contributed by atoms with van der Waals surface area (Å²) < 4.78 is 4.94. The molecular formula is C16H12ClNO3S. The molecule has 0 spiro atoms. The Morgan fingerprint density at radius 1 is 1.27 bits per heavy atom. The fourth-order valence-corrected chi connectivity index (χ4v) is 3.32. The van der Waals surface area contributed by atoms with Gasteiger partial charge in [0, 0.05) is 29.4 Å². The molecule has 1 aromatic rings. The van der Waals surface area contributed by atoms with Crippen LogP contribution in [-0.2, 0) is 9.53 Å². The van der Waals surface area contributed by atoms with Crippen LogP contribution in [0.5, 0.6) is 0 Å². The van der Waals surface area contributed by atoms with E-state index in [0.717, 1.165) is 10.5 Å². The number of ether oxygens (including phenoxy) is 1. The normalized spacial score (nSPS) is 19.4. The van der Waals surface area contributed by atoms with Crippen LogP contribution in [0.1, 0.15) is 10.4 Å². The first-order valence-corrected chi connectivity index (χ1v) is 7.81.